The highest BCUT2D eigenvalue weighted by molar-refractivity contribution is 5.61. The maximum atomic E-state index is 5.09. The molecule has 0 aliphatic rings. The van der Waals surface area contributed by atoms with E-state index in [4.69, 9.17) is 19.9 Å². The van der Waals surface area contributed by atoms with Crippen LogP contribution in [0, 0.1) is 13.8 Å². The molecule has 0 fully saturated rings. The zero-order valence-corrected chi connectivity index (χ0v) is 20.5. The summed E-state index contributed by atoms with van der Waals surface area (Å²) in [5.41, 5.74) is 7.90. The number of aromatic nitrogens is 6. The third kappa shape index (κ3) is 5.34. The first-order valence-electron chi connectivity index (χ1n) is 12.1. The van der Waals surface area contributed by atoms with Crippen LogP contribution in [0.5, 0.6) is 0 Å². The molecule has 6 heteroatoms. The average molecular weight is 433 g/mol. The third-order valence-electron chi connectivity index (χ3n) is 5.56. The van der Waals surface area contributed by atoms with Gasteiger partial charge in [-0.25, -0.2) is 29.9 Å². The Hall–Kier alpha value is -2.76. The topological polar surface area (TPSA) is 77.3 Å². The first-order chi connectivity index (χ1) is 15.5. The van der Waals surface area contributed by atoms with Gasteiger partial charge >= 0.3 is 0 Å². The Kier molecular flexibility index (Phi) is 8.37. The SMILES string of the molecule is CCCc1nc(-c2nc(CCC)c(-c3ncc(C)c(CCC)n3)nc2CCC)ncc1C. The van der Waals surface area contributed by atoms with E-state index in [9.17, 15) is 0 Å². The normalized spacial score (nSPS) is 11.2. The summed E-state index contributed by atoms with van der Waals surface area (Å²) in [5.74, 6) is 1.35. The third-order valence-corrected chi connectivity index (χ3v) is 5.56. The van der Waals surface area contributed by atoms with Crippen LogP contribution in [0.3, 0.4) is 0 Å². The minimum atomic E-state index is 0.676. The minimum absolute atomic E-state index is 0.676. The van der Waals surface area contributed by atoms with Crippen LogP contribution >= 0.6 is 0 Å². The number of rotatable bonds is 10. The molecule has 170 valence electrons. The van der Waals surface area contributed by atoms with Crippen molar-refractivity contribution < 1.29 is 0 Å². The first-order valence-corrected chi connectivity index (χ1v) is 12.1. The van der Waals surface area contributed by atoms with Crippen molar-refractivity contribution in [2.24, 2.45) is 0 Å². The van der Waals surface area contributed by atoms with Gasteiger partial charge in [0.15, 0.2) is 11.6 Å². The van der Waals surface area contributed by atoms with E-state index >= 15 is 0 Å². The molecule has 0 amide bonds. The number of hydrogen-bond donors (Lipinski definition) is 0. The molecular weight excluding hydrogens is 396 g/mol. The fourth-order valence-corrected chi connectivity index (χ4v) is 3.85. The van der Waals surface area contributed by atoms with E-state index in [0.717, 1.165) is 96.7 Å². The second-order valence-electron chi connectivity index (χ2n) is 8.46. The molecule has 3 aromatic rings. The molecule has 32 heavy (non-hydrogen) atoms. The Morgan fingerprint density at radius 2 is 0.844 bits per heavy atom. The molecule has 0 atom stereocenters. The van der Waals surface area contributed by atoms with Gasteiger partial charge < -0.3 is 0 Å². The molecule has 0 saturated carbocycles. The summed E-state index contributed by atoms with van der Waals surface area (Å²) < 4.78 is 0. The van der Waals surface area contributed by atoms with Gasteiger partial charge in [0, 0.05) is 23.8 Å². The van der Waals surface area contributed by atoms with Gasteiger partial charge in [-0.2, -0.15) is 0 Å². The predicted molar refractivity (Wildman–Crippen MR) is 130 cm³/mol. The molecule has 0 radical (unpaired) electrons. The van der Waals surface area contributed by atoms with E-state index in [1.165, 1.54) is 0 Å². The highest BCUT2D eigenvalue weighted by atomic mass is 15.0. The number of aryl methyl sites for hydroxylation is 6. The lowest BCUT2D eigenvalue weighted by Crippen LogP contribution is -2.10. The van der Waals surface area contributed by atoms with Gasteiger partial charge in [0.05, 0.1) is 11.4 Å². The van der Waals surface area contributed by atoms with Crippen molar-refractivity contribution in [1.82, 2.24) is 29.9 Å². The van der Waals surface area contributed by atoms with Gasteiger partial charge in [-0.05, 0) is 50.7 Å². The molecule has 0 aliphatic carbocycles. The molecule has 3 aromatic heterocycles. The summed E-state index contributed by atoms with van der Waals surface area (Å²) in [6.07, 6.45) is 11.4. The molecule has 0 bridgehead atoms. The van der Waals surface area contributed by atoms with Crippen LogP contribution in [0.4, 0.5) is 0 Å². The summed E-state index contributed by atoms with van der Waals surface area (Å²) in [6, 6.07) is 0. The van der Waals surface area contributed by atoms with Crippen LogP contribution in [0.2, 0.25) is 0 Å². The second kappa shape index (κ2) is 11.2. The molecule has 0 aromatic carbocycles. The molecule has 0 aliphatic heterocycles. The van der Waals surface area contributed by atoms with Gasteiger partial charge in [-0.3, -0.25) is 0 Å². The summed E-state index contributed by atoms with van der Waals surface area (Å²) in [6.45, 7) is 12.8. The predicted octanol–water partition coefficient (Wildman–Crippen LogP) is 5.82. The zero-order valence-electron chi connectivity index (χ0n) is 20.5. The maximum absolute atomic E-state index is 5.09. The Balaban J connectivity index is 2.19. The molecule has 0 N–H and O–H groups in total. The van der Waals surface area contributed by atoms with Crippen LogP contribution in [0.15, 0.2) is 12.4 Å². The van der Waals surface area contributed by atoms with Crippen molar-refractivity contribution >= 4 is 0 Å². The Morgan fingerprint density at radius 3 is 1.19 bits per heavy atom. The minimum Gasteiger partial charge on any atom is -0.245 e. The molecule has 3 rings (SSSR count). The van der Waals surface area contributed by atoms with Crippen LogP contribution in [-0.2, 0) is 25.7 Å². The Labute approximate surface area is 192 Å². The molecule has 3 heterocycles. The van der Waals surface area contributed by atoms with Crippen LogP contribution in [-0.4, -0.2) is 29.9 Å². The van der Waals surface area contributed by atoms with Gasteiger partial charge in [-0.15, -0.1) is 0 Å². The standard InChI is InChI=1S/C26H36N6/c1-7-11-19-17(5)15-27-25(31-19)23-21(13-9-3)30-24(22(29-23)14-10-4)26-28-16-18(6)20(32-26)12-8-2/h15-16H,7-14H2,1-6H3. The van der Waals surface area contributed by atoms with Crippen molar-refractivity contribution in [1.29, 1.82) is 0 Å². The average Bonchev–Trinajstić information content (AvgIpc) is 2.78. The fraction of sp³-hybridized carbons (Fsp3) is 0.538. The first kappa shape index (κ1) is 23.9. The molecular formula is C26H36N6. The summed E-state index contributed by atoms with van der Waals surface area (Å²) in [4.78, 5) is 29.2. The van der Waals surface area contributed by atoms with Crippen LogP contribution in [0.1, 0.15) is 87.3 Å². The monoisotopic (exact) mass is 432 g/mol. The molecule has 0 unspecified atom stereocenters. The summed E-state index contributed by atoms with van der Waals surface area (Å²) in [5, 5.41) is 0. The van der Waals surface area contributed by atoms with Crippen molar-refractivity contribution in [2.45, 2.75) is 92.9 Å². The number of nitrogens with zero attached hydrogens (tertiary/aromatic N) is 6. The second-order valence-corrected chi connectivity index (χ2v) is 8.46. The maximum Gasteiger partial charge on any atom is 0.180 e. The summed E-state index contributed by atoms with van der Waals surface area (Å²) >= 11 is 0. The molecule has 0 spiro atoms. The van der Waals surface area contributed by atoms with E-state index in [1.54, 1.807) is 0 Å². The van der Waals surface area contributed by atoms with Crippen LogP contribution in [0.25, 0.3) is 23.0 Å². The van der Waals surface area contributed by atoms with Gasteiger partial charge in [-0.1, -0.05) is 53.4 Å². The van der Waals surface area contributed by atoms with E-state index in [1.807, 2.05) is 12.4 Å². The van der Waals surface area contributed by atoms with Gasteiger partial charge in [0.2, 0.25) is 0 Å². The molecule has 6 nitrogen and oxygen atoms in total. The van der Waals surface area contributed by atoms with Crippen molar-refractivity contribution in [3.05, 3.63) is 46.3 Å². The van der Waals surface area contributed by atoms with Gasteiger partial charge in [0.1, 0.15) is 11.4 Å². The quantitative estimate of drug-likeness (QED) is 0.402. The number of hydrogen-bond acceptors (Lipinski definition) is 6. The van der Waals surface area contributed by atoms with Crippen LogP contribution < -0.4 is 0 Å². The van der Waals surface area contributed by atoms with E-state index in [-0.39, 0.29) is 0 Å². The largest absolute Gasteiger partial charge is 0.245 e. The summed E-state index contributed by atoms with van der Waals surface area (Å²) in [7, 11) is 0. The van der Waals surface area contributed by atoms with Crippen molar-refractivity contribution in [2.75, 3.05) is 0 Å². The van der Waals surface area contributed by atoms with Gasteiger partial charge in [0.25, 0.3) is 0 Å². The fourth-order valence-electron chi connectivity index (χ4n) is 3.85. The highest BCUT2D eigenvalue weighted by Crippen LogP contribution is 2.27. The zero-order chi connectivity index (χ0) is 23.1. The lowest BCUT2D eigenvalue weighted by atomic mass is 10.1. The smallest absolute Gasteiger partial charge is 0.180 e. The highest BCUT2D eigenvalue weighted by Gasteiger charge is 2.20. The lowest BCUT2D eigenvalue weighted by molar-refractivity contribution is 0.816. The Bertz CT molecular complexity index is 975. The van der Waals surface area contributed by atoms with Crippen molar-refractivity contribution in [3.63, 3.8) is 0 Å². The lowest BCUT2D eigenvalue weighted by Gasteiger charge is -2.15. The van der Waals surface area contributed by atoms with Crippen molar-refractivity contribution in [3.8, 4) is 23.0 Å². The van der Waals surface area contributed by atoms with E-state index in [0.29, 0.717) is 11.6 Å². The van der Waals surface area contributed by atoms with E-state index < -0.39 is 0 Å². The Morgan fingerprint density at radius 1 is 0.500 bits per heavy atom. The van der Waals surface area contributed by atoms with E-state index in [2.05, 4.69) is 51.5 Å². The molecule has 0 saturated heterocycles.